The third-order valence-corrected chi connectivity index (χ3v) is 6.87. The van der Waals surface area contributed by atoms with Gasteiger partial charge in [0.15, 0.2) is 17.5 Å². The summed E-state index contributed by atoms with van der Waals surface area (Å²) in [5.74, 6) is -6.12. The van der Waals surface area contributed by atoms with E-state index in [1.807, 2.05) is 0 Å². The van der Waals surface area contributed by atoms with Crippen LogP contribution in [0.25, 0.3) is 0 Å². The number of amides is 3. The van der Waals surface area contributed by atoms with Crippen molar-refractivity contribution in [3.63, 3.8) is 0 Å². The number of hydrogen-bond donors (Lipinski definition) is 1. The van der Waals surface area contributed by atoms with Crippen LogP contribution in [0.5, 0.6) is 0 Å². The summed E-state index contributed by atoms with van der Waals surface area (Å²) in [6.07, 6.45) is -5.26. The molecule has 0 bridgehead atoms. The lowest BCUT2D eigenvalue weighted by molar-refractivity contribution is -0.148. The molecule has 2 aliphatic rings. The lowest BCUT2D eigenvalue weighted by Crippen LogP contribution is -2.46. The van der Waals surface area contributed by atoms with E-state index in [0.29, 0.717) is 25.0 Å². The highest BCUT2D eigenvalue weighted by Crippen LogP contribution is 2.36. The Bertz CT molecular complexity index is 1370. The summed E-state index contributed by atoms with van der Waals surface area (Å²) >= 11 is 0. The van der Waals surface area contributed by atoms with Gasteiger partial charge in [0.05, 0.1) is 12.2 Å². The first-order valence-electron chi connectivity index (χ1n) is 13.4. The molecule has 2 aliphatic heterocycles. The number of halogens is 6. The summed E-state index contributed by atoms with van der Waals surface area (Å²) in [7, 11) is 0. The summed E-state index contributed by atoms with van der Waals surface area (Å²) in [5, 5.41) is 2.45. The van der Waals surface area contributed by atoms with Crippen LogP contribution in [0.4, 0.5) is 37.0 Å². The van der Waals surface area contributed by atoms with Crippen LogP contribution in [0, 0.1) is 17.5 Å². The van der Waals surface area contributed by atoms with Crippen LogP contribution in [-0.4, -0.2) is 57.1 Å². The Morgan fingerprint density at radius 3 is 2.36 bits per heavy atom. The maximum atomic E-state index is 14.4. The molecule has 9 nitrogen and oxygen atoms in total. The number of carbonyl (C=O) groups excluding carboxylic acids is 3. The SMILES string of the molecule is CC(C)(C)OC(=O)N[C@@H](CC(=O)N1CCn2c(C(F)(F)F)nc(N3CCCCC3=O)c2C1)Cc1cc(F)c(F)cc1F. The van der Waals surface area contributed by atoms with E-state index in [4.69, 9.17) is 4.74 Å². The van der Waals surface area contributed by atoms with Crippen LogP contribution in [0.15, 0.2) is 12.1 Å². The van der Waals surface area contributed by atoms with E-state index in [9.17, 15) is 40.7 Å². The zero-order valence-corrected chi connectivity index (χ0v) is 23.3. The zero-order valence-electron chi connectivity index (χ0n) is 23.3. The molecule has 42 heavy (non-hydrogen) atoms. The molecule has 1 aromatic heterocycles. The van der Waals surface area contributed by atoms with Gasteiger partial charge in [0, 0.05) is 44.6 Å². The topological polar surface area (TPSA) is 96.8 Å². The molecule has 15 heteroatoms. The van der Waals surface area contributed by atoms with E-state index in [2.05, 4.69) is 10.3 Å². The largest absolute Gasteiger partial charge is 0.449 e. The molecular weight excluding hydrogens is 572 g/mol. The first-order chi connectivity index (χ1) is 19.5. The second kappa shape index (κ2) is 11.8. The van der Waals surface area contributed by atoms with Gasteiger partial charge in [0.2, 0.25) is 17.6 Å². The number of alkyl halides is 3. The summed E-state index contributed by atoms with van der Waals surface area (Å²) in [6, 6.07) is -0.170. The number of nitrogens with zero attached hydrogens (tertiary/aromatic N) is 4. The highest BCUT2D eigenvalue weighted by molar-refractivity contribution is 5.93. The van der Waals surface area contributed by atoms with Crippen LogP contribution in [0.3, 0.4) is 0 Å². The lowest BCUT2D eigenvalue weighted by Gasteiger charge is -2.33. The molecule has 3 amide bonds. The van der Waals surface area contributed by atoms with Crippen molar-refractivity contribution in [2.45, 2.75) is 83.8 Å². The molecule has 2 aromatic rings. The molecule has 4 rings (SSSR count). The maximum absolute atomic E-state index is 14.4. The van der Waals surface area contributed by atoms with Crippen molar-refractivity contribution in [3.8, 4) is 0 Å². The molecule has 3 heterocycles. The van der Waals surface area contributed by atoms with E-state index in [1.54, 1.807) is 20.8 Å². The van der Waals surface area contributed by atoms with Crippen molar-refractivity contribution in [3.05, 3.63) is 46.7 Å². The van der Waals surface area contributed by atoms with Crippen LogP contribution in [0.2, 0.25) is 0 Å². The number of ether oxygens (including phenoxy) is 1. The molecular formula is C27H31F6N5O4. The van der Waals surface area contributed by atoms with Crippen LogP contribution in [0.1, 0.15) is 63.5 Å². The molecule has 1 saturated heterocycles. The molecule has 1 aromatic carbocycles. The van der Waals surface area contributed by atoms with E-state index in [1.165, 1.54) is 9.80 Å². The average molecular weight is 604 g/mol. The monoisotopic (exact) mass is 603 g/mol. The van der Waals surface area contributed by atoms with Crippen LogP contribution in [-0.2, 0) is 40.0 Å². The van der Waals surface area contributed by atoms with E-state index in [-0.39, 0.29) is 55.6 Å². The summed E-state index contributed by atoms with van der Waals surface area (Å²) in [6.45, 7) is 4.27. The number of nitrogens with one attached hydrogen (secondary N) is 1. The number of alkyl carbamates (subject to hydrolysis) is 1. The Labute approximate surface area is 237 Å². The minimum atomic E-state index is -4.80. The molecule has 0 saturated carbocycles. The minimum Gasteiger partial charge on any atom is -0.444 e. The van der Waals surface area contributed by atoms with E-state index < -0.39 is 65.9 Å². The predicted octanol–water partition coefficient (Wildman–Crippen LogP) is 4.70. The van der Waals surface area contributed by atoms with Gasteiger partial charge in [-0.3, -0.25) is 14.5 Å². The second-order valence-electron chi connectivity index (χ2n) is 11.3. The lowest BCUT2D eigenvalue weighted by atomic mass is 10.0. The van der Waals surface area contributed by atoms with Gasteiger partial charge in [-0.2, -0.15) is 13.2 Å². The Balaban J connectivity index is 1.59. The number of hydrogen-bond acceptors (Lipinski definition) is 5. The van der Waals surface area contributed by atoms with Gasteiger partial charge in [0.25, 0.3) is 0 Å². The molecule has 0 aliphatic carbocycles. The average Bonchev–Trinajstić information content (AvgIpc) is 3.25. The van der Waals surface area contributed by atoms with Crippen molar-refractivity contribution >= 4 is 23.7 Å². The standard InChI is InChI=1S/C27H31F6N5O4/c1-26(2,3)42-25(41)34-16(10-15-11-18(29)19(30)13-17(15)28)12-22(40)36-8-9-37-20(14-36)23(35-24(37)27(31,32)33)38-7-5-4-6-21(38)39/h11,13,16H,4-10,12,14H2,1-3H3,(H,34,41)/t16-/m1/s1. The summed E-state index contributed by atoms with van der Waals surface area (Å²) < 4.78 is 89.4. The number of fused-ring (bicyclic) bond motifs is 1. The van der Waals surface area contributed by atoms with Gasteiger partial charge in [0.1, 0.15) is 11.4 Å². The third kappa shape index (κ3) is 7.16. The van der Waals surface area contributed by atoms with Crippen molar-refractivity contribution < 1.29 is 45.5 Å². The maximum Gasteiger partial charge on any atom is 0.449 e. The fourth-order valence-corrected chi connectivity index (χ4v) is 5.00. The number of benzene rings is 1. The van der Waals surface area contributed by atoms with Gasteiger partial charge in [-0.1, -0.05) is 0 Å². The number of imidazole rings is 1. The fraction of sp³-hybridized carbons (Fsp3) is 0.556. The zero-order chi connectivity index (χ0) is 31.0. The van der Waals surface area contributed by atoms with Crippen molar-refractivity contribution in [1.82, 2.24) is 19.8 Å². The van der Waals surface area contributed by atoms with Gasteiger partial charge in [-0.15, -0.1) is 0 Å². The molecule has 1 atom stereocenters. The normalized spacial score (nSPS) is 16.7. The predicted molar refractivity (Wildman–Crippen MR) is 137 cm³/mol. The van der Waals surface area contributed by atoms with Gasteiger partial charge < -0.3 is 19.5 Å². The highest BCUT2D eigenvalue weighted by atomic mass is 19.4. The fourth-order valence-electron chi connectivity index (χ4n) is 5.00. The van der Waals surface area contributed by atoms with Gasteiger partial charge in [-0.05, 0) is 51.7 Å². The second-order valence-corrected chi connectivity index (χ2v) is 11.3. The van der Waals surface area contributed by atoms with E-state index >= 15 is 0 Å². The minimum absolute atomic E-state index is 0.0421. The smallest absolute Gasteiger partial charge is 0.444 e. The van der Waals surface area contributed by atoms with Gasteiger partial charge in [-0.25, -0.2) is 22.9 Å². The third-order valence-electron chi connectivity index (χ3n) is 6.87. The van der Waals surface area contributed by atoms with Crippen LogP contribution >= 0.6 is 0 Å². The molecule has 0 unspecified atom stereocenters. The number of aromatic nitrogens is 2. The first-order valence-corrected chi connectivity index (χ1v) is 13.4. The molecule has 230 valence electrons. The number of rotatable bonds is 6. The van der Waals surface area contributed by atoms with Crippen molar-refractivity contribution in [2.75, 3.05) is 18.0 Å². The Kier molecular flexibility index (Phi) is 8.78. The Morgan fingerprint density at radius 2 is 1.71 bits per heavy atom. The number of carbonyl (C=O) groups is 3. The van der Waals surface area contributed by atoms with Crippen molar-refractivity contribution in [2.24, 2.45) is 0 Å². The van der Waals surface area contributed by atoms with Crippen molar-refractivity contribution in [1.29, 1.82) is 0 Å². The Hall–Kier alpha value is -3.78. The van der Waals surface area contributed by atoms with Gasteiger partial charge >= 0.3 is 12.3 Å². The Morgan fingerprint density at radius 1 is 1.02 bits per heavy atom. The molecule has 1 N–H and O–H groups in total. The quantitative estimate of drug-likeness (QED) is 0.382. The summed E-state index contributed by atoms with van der Waals surface area (Å²) in [5.41, 5.74) is -1.18. The first kappa shape index (κ1) is 31.2. The molecule has 1 fully saturated rings. The number of anilines is 1. The van der Waals surface area contributed by atoms with E-state index in [0.717, 1.165) is 4.57 Å². The molecule has 0 spiro atoms. The highest BCUT2D eigenvalue weighted by Gasteiger charge is 2.42. The van der Waals surface area contributed by atoms with Crippen LogP contribution < -0.4 is 10.2 Å². The summed E-state index contributed by atoms with van der Waals surface area (Å²) in [4.78, 5) is 44.7. The molecule has 0 radical (unpaired) electrons. The number of piperidine rings is 1.